The number of carbonyl (C=O) groups excluding carboxylic acids is 2. The van der Waals surface area contributed by atoms with E-state index in [-0.39, 0.29) is 17.9 Å². The molecule has 2 amide bonds. The largest absolute Gasteiger partial charge is 0.339 e. The van der Waals surface area contributed by atoms with Gasteiger partial charge in [0, 0.05) is 38.8 Å². The lowest BCUT2D eigenvalue weighted by atomic mass is 10.0. The molecule has 0 N–H and O–H groups in total. The fourth-order valence-electron chi connectivity index (χ4n) is 3.35. The number of benzene rings is 1. The van der Waals surface area contributed by atoms with Crippen LogP contribution in [0.5, 0.6) is 0 Å². The summed E-state index contributed by atoms with van der Waals surface area (Å²) in [4.78, 5) is 28.6. The van der Waals surface area contributed by atoms with E-state index in [9.17, 15) is 9.59 Å². The summed E-state index contributed by atoms with van der Waals surface area (Å²) in [7, 11) is 0. The van der Waals surface area contributed by atoms with Gasteiger partial charge in [-0.1, -0.05) is 30.3 Å². The Morgan fingerprint density at radius 2 is 1.92 bits per heavy atom. The predicted molar refractivity (Wildman–Crippen MR) is 95.1 cm³/mol. The van der Waals surface area contributed by atoms with Gasteiger partial charge in [-0.15, -0.1) is 0 Å². The fourth-order valence-corrected chi connectivity index (χ4v) is 3.35. The van der Waals surface area contributed by atoms with E-state index in [0.717, 1.165) is 17.8 Å². The Labute approximate surface area is 148 Å². The minimum Gasteiger partial charge on any atom is -0.339 e. The van der Waals surface area contributed by atoms with Crippen molar-refractivity contribution in [2.24, 2.45) is 0 Å². The fraction of sp³-hybridized carbons (Fsp3) is 0.421. The van der Waals surface area contributed by atoms with Crippen LogP contribution in [0.1, 0.15) is 41.6 Å². The minimum absolute atomic E-state index is 0.0409. The maximum atomic E-state index is 13.1. The summed E-state index contributed by atoms with van der Waals surface area (Å²) in [6.45, 7) is 7.85. The Morgan fingerprint density at radius 1 is 1.20 bits per heavy atom. The van der Waals surface area contributed by atoms with Crippen molar-refractivity contribution in [3.05, 3.63) is 53.3 Å². The van der Waals surface area contributed by atoms with Gasteiger partial charge in [0.15, 0.2) is 5.69 Å². The Kier molecular flexibility index (Phi) is 4.88. The maximum absolute atomic E-state index is 13.1. The first-order chi connectivity index (χ1) is 12.0. The molecule has 1 aromatic heterocycles. The highest BCUT2D eigenvalue weighted by molar-refractivity contribution is 5.93. The van der Waals surface area contributed by atoms with Crippen molar-refractivity contribution in [3.63, 3.8) is 0 Å². The number of aromatic nitrogens is 2. The summed E-state index contributed by atoms with van der Waals surface area (Å²) in [5.41, 5.74) is 2.48. The first-order valence-corrected chi connectivity index (χ1v) is 8.67. The molecule has 0 spiro atoms. The molecule has 0 unspecified atom stereocenters. The van der Waals surface area contributed by atoms with Crippen molar-refractivity contribution in [3.8, 4) is 0 Å². The molecule has 6 heteroatoms. The molecule has 6 nitrogen and oxygen atoms in total. The van der Waals surface area contributed by atoms with E-state index in [1.807, 2.05) is 59.8 Å². The van der Waals surface area contributed by atoms with E-state index in [4.69, 9.17) is 0 Å². The third-order valence-electron chi connectivity index (χ3n) is 4.77. The van der Waals surface area contributed by atoms with E-state index < -0.39 is 0 Å². The van der Waals surface area contributed by atoms with Gasteiger partial charge >= 0.3 is 0 Å². The average Bonchev–Trinajstić information content (AvgIpc) is 3.02. The van der Waals surface area contributed by atoms with E-state index in [0.29, 0.717) is 25.3 Å². The number of amides is 2. The van der Waals surface area contributed by atoms with Gasteiger partial charge in [0.05, 0.1) is 6.04 Å². The second-order valence-corrected chi connectivity index (χ2v) is 6.38. The van der Waals surface area contributed by atoms with Crippen LogP contribution in [-0.4, -0.2) is 51.0 Å². The zero-order valence-electron chi connectivity index (χ0n) is 15.0. The molecule has 2 aromatic rings. The van der Waals surface area contributed by atoms with Gasteiger partial charge in [-0.05, 0) is 25.5 Å². The lowest BCUT2D eigenvalue weighted by Crippen LogP contribution is -2.52. The molecule has 0 radical (unpaired) electrons. The minimum atomic E-state index is -0.154. The first-order valence-electron chi connectivity index (χ1n) is 8.67. The van der Waals surface area contributed by atoms with Gasteiger partial charge in [0.1, 0.15) is 0 Å². The predicted octanol–water partition coefficient (Wildman–Crippen LogP) is 2.26. The maximum Gasteiger partial charge on any atom is 0.274 e. The van der Waals surface area contributed by atoms with Gasteiger partial charge in [-0.25, -0.2) is 0 Å². The van der Waals surface area contributed by atoms with Crippen LogP contribution in [0.25, 0.3) is 0 Å². The van der Waals surface area contributed by atoms with Crippen molar-refractivity contribution in [2.45, 2.75) is 33.4 Å². The van der Waals surface area contributed by atoms with Gasteiger partial charge in [0.25, 0.3) is 5.91 Å². The quantitative estimate of drug-likeness (QED) is 0.861. The van der Waals surface area contributed by atoms with Crippen molar-refractivity contribution >= 4 is 11.8 Å². The number of hydrogen-bond donors (Lipinski definition) is 0. The molecule has 1 fully saturated rings. The zero-order valence-corrected chi connectivity index (χ0v) is 15.0. The topological polar surface area (TPSA) is 58.4 Å². The monoisotopic (exact) mass is 340 g/mol. The smallest absolute Gasteiger partial charge is 0.274 e. The van der Waals surface area contributed by atoms with E-state index in [2.05, 4.69) is 5.10 Å². The van der Waals surface area contributed by atoms with E-state index >= 15 is 0 Å². The Balaban J connectivity index is 1.91. The van der Waals surface area contributed by atoms with Crippen molar-refractivity contribution in [1.29, 1.82) is 0 Å². The van der Waals surface area contributed by atoms with Crippen LogP contribution in [0, 0.1) is 6.92 Å². The van der Waals surface area contributed by atoms with Crippen molar-refractivity contribution < 1.29 is 9.59 Å². The van der Waals surface area contributed by atoms with Crippen LogP contribution in [0.2, 0.25) is 0 Å². The van der Waals surface area contributed by atoms with Gasteiger partial charge < -0.3 is 9.80 Å². The van der Waals surface area contributed by atoms with Crippen LogP contribution >= 0.6 is 0 Å². The van der Waals surface area contributed by atoms with Crippen molar-refractivity contribution in [1.82, 2.24) is 19.6 Å². The SMILES string of the molecule is CCn1nc(C(=O)N2CCN(C(C)=O)C[C@H]2c2ccccc2)cc1C. The number of aryl methyl sites for hydroxylation is 2. The molecule has 25 heavy (non-hydrogen) atoms. The van der Waals surface area contributed by atoms with Crippen LogP contribution in [-0.2, 0) is 11.3 Å². The molecule has 1 atom stereocenters. The average molecular weight is 340 g/mol. The lowest BCUT2D eigenvalue weighted by molar-refractivity contribution is -0.131. The number of hydrogen-bond acceptors (Lipinski definition) is 3. The standard InChI is InChI=1S/C19H24N4O2/c1-4-23-14(2)12-17(20-23)19(25)22-11-10-21(15(3)24)13-18(22)16-8-6-5-7-9-16/h5-9,12,18H,4,10-11,13H2,1-3H3/t18-/m0/s1. The summed E-state index contributed by atoms with van der Waals surface area (Å²) >= 11 is 0. The number of piperazine rings is 1. The molecular formula is C19H24N4O2. The van der Waals surface area contributed by atoms with Crippen LogP contribution in [0.3, 0.4) is 0 Å². The highest BCUT2D eigenvalue weighted by Gasteiger charge is 2.34. The van der Waals surface area contributed by atoms with Gasteiger partial charge in [0.2, 0.25) is 5.91 Å². The van der Waals surface area contributed by atoms with Crippen LogP contribution in [0.4, 0.5) is 0 Å². The number of nitrogens with zero attached hydrogens (tertiary/aromatic N) is 4. The number of carbonyl (C=O) groups is 2. The van der Waals surface area contributed by atoms with Crippen LogP contribution < -0.4 is 0 Å². The van der Waals surface area contributed by atoms with E-state index in [1.54, 1.807) is 11.8 Å². The molecule has 0 bridgehead atoms. The van der Waals surface area contributed by atoms with Crippen molar-refractivity contribution in [2.75, 3.05) is 19.6 Å². The molecule has 132 valence electrons. The van der Waals surface area contributed by atoms with Crippen LogP contribution in [0.15, 0.2) is 36.4 Å². The Morgan fingerprint density at radius 3 is 2.52 bits per heavy atom. The number of rotatable bonds is 3. The van der Waals surface area contributed by atoms with Gasteiger partial charge in [-0.3, -0.25) is 14.3 Å². The summed E-state index contributed by atoms with van der Waals surface area (Å²) in [6, 6.07) is 11.6. The summed E-state index contributed by atoms with van der Waals surface area (Å²) in [6.07, 6.45) is 0. The molecule has 2 heterocycles. The molecule has 3 rings (SSSR count). The molecule has 1 aliphatic heterocycles. The summed E-state index contributed by atoms with van der Waals surface area (Å²) < 4.78 is 1.83. The summed E-state index contributed by atoms with van der Waals surface area (Å²) in [5.74, 6) is -0.0357. The highest BCUT2D eigenvalue weighted by atomic mass is 16.2. The second kappa shape index (κ2) is 7.09. The molecular weight excluding hydrogens is 316 g/mol. The summed E-state index contributed by atoms with van der Waals surface area (Å²) in [5, 5.41) is 4.43. The molecule has 1 saturated heterocycles. The highest BCUT2D eigenvalue weighted by Crippen LogP contribution is 2.27. The van der Waals surface area contributed by atoms with E-state index in [1.165, 1.54) is 0 Å². The normalized spacial score (nSPS) is 17.6. The van der Waals surface area contributed by atoms with Gasteiger partial charge in [-0.2, -0.15) is 5.10 Å². The third-order valence-corrected chi connectivity index (χ3v) is 4.77. The Hall–Kier alpha value is -2.63. The third kappa shape index (κ3) is 3.43. The second-order valence-electron chi connectivity index (χ2n) is 6.38. The molecule has 1 aliphatic rings. The molecule has 0 aliphatic carbocycles. The molecule has 0 saturated carbocycles. The lowest BCUT2D eigenvalue weighted by Gasteiger charge is -2.41. The first kappa shape index (κ1) is 17.2. The zero-order chi connectivity index (χ0) is 18.0. The Bertz CT molecular complexity index is 769. The molecule has 1 aromatic carbocycles.